The molecule has 2 nitrogen and oxygen atoms in total. The second-order valence-corrected chi connectivity index (χ2v) is 7.75. The SMILES string of the molecule is c1ccc(C2(c3ccc(-c4ccn[nH]4)cc3)c3ccccc3-c3ccccc32)cc1. The van der Waals surface area contributed by atoms with Crippen molar-refractivity contribution in [3.8, 4) is 22.4 Å². The molecule has 1 aliphatic carbocycles. The van der Waals surface area contributed by atoms with E-state index in [2.05, 4.69) is 113 Å². The highest BCUT2D eigenvalue weighted by Gasteiger charge is 2.45. The van der Waals surface area contributed by atoms with Crippen molar-refractivity contribution >= 4 is 0 Å². The second-order valence-electron chi connectivity index (χ2n) is 7.75. The summed E-state index contributed by atoms with van der Waals surface area (Å²) in [4.78, 5) is 0. The molecule has 0 fully saturated rings. The lowest BCUT2D eigenvalue weighted by Gasteiger charge is -2.34. The zero-order valence-electron chi connectivity index (χ0n) is 16.4. The van der Waals surface area contributed by atoms with Gasteiger partial charge < -0.3 is 0 Å². The Balaban J connectivity index is 1.67. The monoisotopic (exact) mass is 384 g/mol. The summed E-state index contributed by atoms with van der Waals surface area (Å²) < 4.78 is 0. The molecule has 30 heavy (non-hydrogen) atoms. The predicted molar refractivity (Wildman–Crippen MR) is 121 cm³/mol. The first kappa shape index (κ1) is 17.0. The van der Waals surface area contributed by atoms with Gasteiger partial charge in [0.2, 0.25) is 0 Å². The average molecular weight is 384 g/mol. The molecule has 0 unspecified atom stereocenters. The number of hydrogen-bond donors (Lipinski definition) is 1. The van der Waals surface area contributed by atoms with Crippen LogP contribution in [0.4, 0.5) is 0 Å². The van der Waals surface area contributed by atoms with Gasteiger partial charge in [0.1, 0.15) is 0 Å². The summed E-state index contributed by atoms with van der Waals surface area (Å²) in [7, 11) is 0. The lowest BCUT2D eigenvalue weighted by molar-refractivity contribution is 0.768. The first-order valence-corrected chi connectivity index (χ1v) is 10.2. The molecule has 0 bridgehead atoms. The van der Waals surface area contributed by atoms with Crippen molar-refractivity contribution in [2.24, 2.45) is 0 Å². The average Bonchev–Trinajstić information content (AvgIpc) is 3.46. The van der Waals surface area contributed by atoms with Crippen molar-refractivity contribution in [1.29, 1.82) is 0 Å². The van der Waals surface area contributed by atoms with Crippen molar-refractivity contribution < 1.29 is 0 Å². The topological polar surface area (TPSA) is 28.7 Å². The van der Waals surface area contributed by atoms with E-state index in [1.54, 1.807) is 6.20 Å². The van der Waals surface area contributed by atoms with Gasteiger partial charge in [0, 0.05) is 6.20 Å². The van der Waals surface area contributed by atoms with Gasteiger partial charge in [0.05, 0.1) is 11.1 Å². The Morgan fingerprint density at radius 1 is 0.533 bits per heavy atom. The normalized spacial score (nSPS) is 13.6. The molecule has 1 aromatic heterocycles. The summed E-state index contributed by atoms with van der Waals surface area (Å²) in [5.74, 6) is 0. The van der Waals surface area contributed by atoms with Gasteiger partial charge in [-0.05, 0) is 45.0 Å². The summed E-state index contributed by atoms with van der Waals surface area (Å²) in [5, 5.41) is 7.16. The molecule has 2 heteroatoms. The first-order chi connectivity index (χ1) is 14.9. The molecular formula is C28H20N2. The highest BCUT2D eigenvalue weighted by atomic mass is 15.1. The van der Waals surface area contributed by atoms with E-state index in [0.29, 0.717) is 0 Å². The van der Waals surface area contributed by atoms with Gasteiger partial charge in [-0.3, -0.25) is 5.10 Å². The van der Waals surface area contributed by atoms with E-state index in [9.17, 15) is 0 Å². The van der Waals surface area contributed by atoms with E-state index in [0.717, 1.165) is 11.3 Å². The number of nitrogens with one attached hydrogen (secondary N) is 1. The number of aromatic amines is 1. The van der Waals surface area contributed by atoms with E-state index >= 15 is 0 Å². The maximum atomic E-state index is 4.09. The minimum atomic E-state index is -0.332. The van der Waals surface area contributed by atoms with Crippen LogP contribution in [0, 0.1) is 0 Å². The van der Waals surface area contributed by atoms with Crippen molar-refractivity contribution in [1.82, 2.24) is 10.2 Å². The van der Waals surface area contributed by atoms with Crippen molar-refractivity contribution in [3.63, 3.8) is 0 Å². The molecule has 5 aromatic rings. The van der Waals surface area contributed by atoms with Gasteiger partial charge >= 0.3 is 0 Å². The van der Waals surface area contributed by atoms with Crippen LogP contribution in [0.25, 0.3) is 22.4 Å². The van der Waals surface area contributed by atoms with E-state index < -0.39 is 0 Å². The number of fused-ring (bicyclic) bond motifs is 3. The van der Waals surface area contributed by atoms with Gasteiger partial charge in [-0.25, -0.2) is 0 Å². The predicted octanol–water partition coefficient (Wildman–Crippen LogP) is 6.44. The fraction of sp³-hybridized carbons (Fsp3) is 0.0357. The molecule has 0 amide bonds. The molecule has 0 saturated carbocycles. The molecule has 1 N–H and O–H groups in total. The molecule has 6 rings (SSSR count). The van der Waals surface area contributed by atoms with Gasteiger partial charge in [-0.2, -0.15) is 5.10 Å². The Morgan fingerprint density at radius 2 is 1.10 bits per heavy atom. The van der Waals surface area contributed by atoms with Crippen LogP contribution in [0.15, 0.2) is 115 Å². The summed E-state index contributed by atoms with van der Waals surface area (Å²) >= 11 is 0. The number of hydrogen-bond acceptors (Lipinski definition) is 1. The number of nitrogens with zero attached hydrogens (tertiary/aromatic N) is 1. The fourth-order valence-electron chi connectivity index (χ4n) is 5.03. The van der Waals surface area contributed by atoms with Gasteiger partial charge in [0.25, 0.3) is 0 Å². The first-order valence-electron chi connectivity index (χ1n) is 10.2. The van der Waals surface area contributed by atoms with E-state index in [4.69, 9.17) is 0 Å². The van der Waals surface area contributed by atoms with Gasteiger partial charge in [-0.1, -0.05) is 103 Å². The van der Waals surface area contributed by atoms with Crippen LogP contribution in [0.2, 0.25) is 0 Å². The molecule has 1 aliphatic rings. The fourth-order valence-corrected chi connectivity index (χ4v) is 5.03. The van der Waals surface area contributed by atoms with Crippen LogP contribution in [-0.2, 0) is 5.41 Å². The van der Waals surface area contributed by atoms with Gasteiger partial charge in [0.15, 0.2) is 0 Å². The Bertz CT molecular complexity index is 1270. The largest absolute Gasteiger partial charge is 0.278 e. The van der Waals surface area contributed by atoms with Crippen LogP contribution in [0.5, 0.6) is 0 Å². The zero-order chi connectivity index (χ0) is 20.0. The molecule has 0 atom stereocenters. The maximum absolute atomic E-state index is 4.09. The van der Waals surface area contributed by atoms with Crippen molar-refractivity contribution in [2.45, 2.75) is 5.41 Å². The van der Waals surface area contributed by atoms with Crippen molar-refractivity contribution in [2.75, 3.05) is 0 Å². The lowest BCUT2D eigenvalue weighted by atomic mass is 9.67. The Labute approximate surface area is 175 Å². The van der Waals surface area contributed by atoms with Gasteiger partial charge in [-0.15, -0.1) is 0 Å². The molecule has 0 aliphatic heterocycles. The summed E-state index contributed by atoms with van der Waals surface area (Å²) in [6.45, 7) is 0. The minimum absolute atomic E-state index is 0.332. The smallest absolute Gasteiger partial charge is 0.0713 e. The maximum Gasteiger partial charge on any atom is 0.0713 e. The minimum Gasteiger partial charge on any atom is -0.278 e. The van der Waals surface area contributed by atoms with Crippen LogP contribution in [0.3, 0.4) is 0 Å². The molecule has 142 valence electrons. The number of H-pyrrole nitrogens is 1. The quantitative estimate of drug-likeness (QED) is 0.374. The molecular weight excluding hydrogens is 364 g/mol. The highest BCUT2D eigenvalue weighted by molar-refractivity contribution is 5.86. The molecule has 0 saturated heterocycles. The highest BCUT2D eigenvalue weighted by Crippen LogP contribution is 2.55. The Kier molecular flexibility index (Phi) is 3.72. The summed E-state index contributed by atoms with van der Waals surface area (Å²) in [5.41, 5.74) is 9.70. The summed E-state index contributed by atoms with van der Waals surface area (Å²) in [6, 6.07) is 39.4. The zero-order valence-corrected chi connectivity index (χ0v) is 16.4. The number of rotatable bonds is 3. The van der Waals surface area contributed by atoms with Crippen molar-refractivity contribution in [3.05, 3.63) is 138 Å². The summed E-state index contributed by atoms with van der Waals surface area (Å²) in [6.07, 6.45) is 1.79. The molecule has 0 spiro atoms. The van der Waals surface area contributed by atoms with Crippen LogP contribution < -0.4 is 0 Å². The standard InChI is InChI=1S/C28H20N2/c1-2-8-21(9-3-1)28(22-16-14-20(15-17-22)27-18-19-29-30-27)25-12-6-4-10-23(25)24-11-5-7-13-26(24)28/h1-19H,(H,29,30). The Hall–Kier alpha value is -3.91. The number of aromatic nitrogens is 2. The molecule has 1 heterocycles. The Morgan fingerprint density at radius 3 is 1.70 bits per heavy atom. The third-order valence-electron chi connectivity index (χ3n) is 6.29. The van der Waals surface area contributed by atoms with Crippen LogP contribution in [-0.4, -0.2) is 10.2 Å². The molecule has 0 radical (unpaired) electrons. The third-order valence-corrected chi connectivity index (χ3v) is 6.29. The molecule has 4 aromatic carbocycles. The lowest BCUT2D eigenvalue weighted by Crippen LogP contribution is -2.28. The van der Waals surface area contributed by atoms with E-state index in [1.807, 2.05) is 6.07 Å². The van der Waals surface area contributed by atoms with Crippen LogP contribution in [0.1, 0.15) is 22.3 Å². The second kappa shape index (κ2) is 6.57. The third kappa shape index (κ3) is 2.28. The van der Waals surface area contributed by atoms with Crippen LogP contribution >= 0.6 is 0 Å². The van der Waals surface area contributed by atoms with E-state index in [1.165, 1.54) is 33.4 Å². The van der Waals surface area contributed by atoms with E-state index in [-0.39, 0.29) is 5.41 Å². The number of benzene rings is 4.